The third-order valence-electron chi connectivity index (χ3n) is 4.19. The predicted molar refractivity (Wildman–Crippen MR) is 119 cm³/mol. The third kappa shape index (κ3) is 5.47. The second kappa shape index (κ2) is 9.27. The number of thiazole rings is 1. The van der Waals surface area contributed by atoms with Gasteiger partial charge in [-0.25, -0.2) is 18.2 Å². The molecule has 10 heteroatoms. The fourth-order valence-corrected chi connectivity index (χ4v) is 4.57. The van der Waals surface area contributed by atoms with Crippen LogP contribution in [0.1, 0.15) is 38.2 Å². The highest BCUT2D eigenvalue weighted by Crippen LogP contribution is 2.24. The molecule has 3 aromatic rings. The number of anilines is 2. The molecule has 1 amide bonds. The molecule has 0 bridgehead atoms. The molecule has 0 saturated carbocycles. The van der Waals surface area contributed by atoms with E-state index in [0.29, 0.717) is 10.6 Å². The lowest BCUT2D eigenvalue weighted by Crippen LogP contribution is -2.15. The van der Waals surface area contributed by atoms with Crippen molar-refractivity contribution in [1.29, 1.82) is 0 Å². The van der Waals surface area contributed by atoms with Crippen LogP contribution in [-0.2, 0) is 14.8 Å². The van der Waals surface area contributed by atoms with Gasteiger partial charge in [0, 0.05) is 11.3 Å². The van der Waals surface area contributed by atoms with Crippen molar-refractivity contribution in [2.24, 2.45) is 0 Å². The lowest BCUT2D eigenvalue weighted by molar-refractivity contribution is 0.0531. The number of aryl methyl sites for hydroxylation is 2. The maximum atomic E-state index is 12.6. The topological polar surface area (TPSA) is 114 Å². The molecule has 0 spiro atoms. The zero-order chi connectivity index (χ0) is 22.6. The van der Waals surface area contributed by atoms with E-state index < -0.39 is 21.9 Å². The third-order valence-corrected chi connectivity index (χ3v) is 6.64. The average molecular weight is 460 g/mol. The Morgan fingerprint density at radius 1 is 1.10 bits per heavy atom. The summed E-state index contributed by atoms with van der Waals surface area (Å²) in [4.78, 5) is 29.2. The van der Waals surface area contributed by atoms with Gasteiger partial charge in [-0.15, -0.1) is 0 Å². The van der Waals surface area contributed by atoms with Crippen LogP contribution in [0.4, 0.5) is 10.8 Å². The van der Waals surface area contributed by atoms with Crippen molar-refractivity contribution in [3.05, 3.63) is 70.2 Å². The highest BCUT2D eigenvalue weighted by molar-refractivity contribution is 7.92. The number of carbonyl (C=O) groups excluding carboxylic acids is 2. The lowest BCUT2D eigenvalue weighted by Gasteiger charge is -2.10. The normalized spacial score (nSPS) is 11.1. The predicted octanol–water partition coefficient (Wildman–Crippen LogP) is 3.99. The van der Waals surface area contributed by atoms with Crippen molar-refractivity contribution in [3.8, 4) is 0 Å². The minimum atomic E-state index is -3.79. The minimum absolute atomic E-state index is 0.123. The van der Waals surface area contributed by atoms with Crippen molar-refractivity contribution in [2.45, 2.75) is 25.7 Å². The zero-order valence-corrected chi connectivity index (χ0v) is 18.8. The van der Waals surface area contributed by atoms with Gasteiger partial charge in [0.15, 0.2) is 5.13 Å². The van der Waals surface area contributed by atoms with E-state index in [1.807, 2.05) is 6.92 Å². The molecule has 2 N–H and O–H groups in total. The highest BCUT2D eigenvalue weighted by atomic mass is 32.2. The number of hydrogen-bond acceptors (Lipinski definition) is 7. The number of nitrogens with one attached hydrogen (secondary N) is 2. The number of sulfonamides is 1. The minimum Gasteiger partial charge on any atom is -0.462 e. The number of esters is 1. The first-order valence-corrected chi connectivity index (χ1v) is 11.6. The molecule has 0 unspecified atom stereocenters. The van der Waals surface area contributed by atoms with Crippen LogP contribution in [-0.4, -0.2) is 31.9 Å². The quantitative estimate of drug-likeness (QED) is 0.516. The molecule has 3 rings (SSSR count). The molecule has 0 aliphatic rings. The van der Waals surface area contributed by atoms with E-state index >= 15 is 0 Å². The number of ether oxygens (including phenoxy) is 1. The van der Waals surface area contributed by atoms with Gasteiger partial charge in [-0.05, 0) is 51.1 Å². The highest BCUT2D eigenvalue weighted by Gasteiger charge is 2.19. The van der Waals surface area contributed by atoms with Gasteiger partial charge in [0.2, 0.25) is 0 Å². The summed E-state index contributed by atoms with van der Waals surface area (Å²) in [6, 6.07) is 12.5. The first-order valence-electron chi connectivity index (χ1n) is 9.35. The van der Waals surface area contributed by atoms with Gasteiger partial charge in [0.05, 0.1) is 17.2 Å². The monoisotopic (exact) mass is 459 g/mol. The summed E-state index contributed by atoms with van der Waals surface area (Å²) in [5.74, 6) is -0.981. The zero-order valence-electron chi connectivity index (χ0n) is 17.1. The number of benzene rings is 2. The molecule has 0 atom stereocenters. The van der Waals surface area contributed by atoms with Crippen LogP contribution >= 0.6 is 11.3 Å². The van der Waals surface area contributed by atoms with E-state index in [0.717, 1.165) is 16.9 Å². The summed E-state index contributed by atoms with van der Waals surface area (Å²) >= 11 is 1.01. The van der Waals surface area contributed by atoms with Crippen LogP contribution in [0.3, 0.4) is 0 Å². The Morgan fingerprint density at radius 2 is 1.81 bits per heavy atom. The largest absolute Gasteiger partial charge is 0.462 e. The van der Waals surface area contributed by atoms with Crippen molar-refractivity contribution >= 4 is 44.1 Å². The number of amides is 1. The van der Waals surface area contributed by atoms with Crippen molar-refractivity contribution in [3.63, 3.8) is 0 Å². The molecule has 0 saturated heterocycles. The second-order valence-corrected chi connectivity index (χ2v) is 9.29. The summed E-state index contributed by atoms with van der Waals surface area (Å²) in [6.07, 6.45) is 0. The molecule has 0 radical (unpaired) electrons. The molecule has 2 aromatic carbocycles. The fraction of sp³-hybridized carbons (Fsp3) is 0.190. The van der Waals surface area contributed by atoms with Gasteiger partial charge in [-0.1, -0.05) is 35.1 Å². The number of aromatic nitrogens is 1. The van der Waals surface area contributed by atoms with Gasteiger partial charge in [0.25, 0.3) is 15.9 Å². The summed E-state index contributed by atoms with van der Waals surface area (Å²) in [5, 5.41) is 2.87. The van der Waals surface area contributed by atoms with E-state index in [2.05, 4.69) is 15.0 Å². The number of carbonyl (C=O) groups is 2. The molecule has 1 aromatic heterocycles. The molecule has 31 heavy (non-hydrogen) atoms. The van der Waals surface area contributed by atoms with Crippen LogP contribution in [0.2, 0.25) is 0 Å². The number of hydrogen-bond donors (Lipinski definition) is 2. The van der Waals surface area contributed by atoms with Gasteiger partial charge in [0.1, 0.15) is 4.88 Å². The summed E-state index contributed by atoms with van der Waals surface area (Å²) in [6.45, 7) is 5.46. The lowest BCUT2D eigenvalue weighted by atomic mass is 10.2. The Hall–Kier alpha value is -3.24. The Morgan fingerprint density at radius 3 is 2.48 bits per heavy atom. The van der Waals surface area contributed by atoms with Crippen LogP contribution in [0.25, 0.3) is 0 Å². The maximum Gasteiger partial charge on any atom is 0.350 e. The Kier molecular flexibility index (Phi) is 6.71. The molecule has 0 aliphatic heterocycles. The van der Waals surface area contributed by atoms with Crippen molar-refractivity contribution < 1.29 is 22.7 Å². The van der Waals surface area contributed by atoms with Gasteiger partial charge >= 0.3 is 5.97 Å². The van der Waals surface area contributed by atoms with Crippen LogP contribution in [0.15, 0.2) is 53.4 Å². The average Bonchev–Trinajstić information content (AvgIpc) is 3.08. The Balaban J connectivity index is 1.75. The van der Waals surface area contributed by atoms with Crippen LogP contribution in [0.5, 0.6) is 0 Å². The molecule has 0 aliphatic carbocycles. The van der Waals surface area contributed by atoms with Gasteiger partial charge in [-0.3, -0.25) is 14.8 Å². The first kappa shape index (κ1) is 22.4. The molecule has 162 valence electrons. The van der Waals surface area contributed by atoms with Gasteiger partial charge in [-0.2, -0.15) is 0 Å². The van der Waals surface area contributed by atoms with Crippen LogP contribution < -0.4 is 10.0 Å². The Bertz CT molecular complexity index is 1220. The van der Waals surface area contributed by atoms with E-state index in [1.165, 1.54) is 18.2 Å². The standard InChI is InChI=1S/C21H21N3O5S2/c1-4-29-20(26)18-14(3)22-21(30-18)23-19(25)15-6-5-7-16(12-15)24-31(27,28)17-10-8-13(2)9-11-17/h5-12,24H,4H2,1-3H3,(H,22,23,25). The second-order valence-electron chi connectivity index (χ2n) is 6.61. The summed E-state index contributed by atoms with van der Waals surface area (Å²) < 4.78 is 32.6. The van der Waals surface area contributed by atoms with E-state index in [1.54, 1.807) is 44.2 Å². The van der Waals surface area contributed by atoms with E-state index in [-0.39, 0.29) is 27.9 Å². The smallest absolute Gasteiger partial charge is 0.350 e. The summed E-state index contributed by atoms with van der Waals surface area (Å²) in [5.41, 5.74) is 1.88. The van der Waals surface area contributed by atoms with E-state index in [4.69, 9.17) is 4.74 Å². The molecular weight excluding hydrogens is 438 g/mol. The summed E-state index contributed by atoms with van der Waals surface area (Å²) in [7, 11) is -3.79. The molecular formula is C21H21N3O5S2. The number of nitrogens with zero attached hydrogens (tertiary/aromatic N) is 1. The molecule has 1 heterocycles. The SMILES string of the molecule is CCOC(=O)c1sc(NC(=O)c2cccc(NS(=O)(=O)c3ccc(C)cc3)c2)nc1C. The Labute approximate surface area is 184 Å². The molecule has 8 nitrogen and oxygen atoms in total. The fourth-order valence-electron chi connectivity index (χ4n) is 2.66. The van der Waals surface area contributed by atoms with Gasteiger partial charge < -0.3 is 4.74 Å². The van der Waals surface area contributed by atoms with Crippen molar-refractivity contribution in [1.82, 2.24) is 4.98 Å². The molecule has 0 fully saturated rings. The van der Waals surface area contributed by atoms with Crippen LogP contribution in [0, 0.1) is 13.8 Å². The number of rotatable bonds is 7. The van der Waals surface area contributed by atoms with E-state index in [9.17, 15) is 18.0 Å². The first-order chi connectivity index (χ1) is 14.7. The van der Waals surface area contributed by atoms with Crippen molar-refractivity contribution in [2.75, 3.05) is 16.6 Å². The maximum absolute atomic E-state index is 12.6.